The quantitative estimate of drug-likeness (QED) is 0.335. The first-order chi connectivity index (χ1) is 6.54. The van der Waals surface area contributed by atoms with Crippen LogP contribution in [0.2, 0.25) is 10.0 Å². The summed E-state index contributed by atoms with van der Waals surface area (Å²) in [5, 5.41) is 4.42. The van der Waals surface area contributed by atoms with Crippen LogP contribution < -0.4 is 16.5 Å². The topological polar surface area (TPSA) is 67.6 Å². The Hall–Kier alpha value is -1.13. The van der Waals surface area contributed by atoms with Crippen molar-refractivity contribution in [3.05, 3.63) is 28.2 Å². The number of nitrogens with zero attached hydrogens (tertiary/aromatic N) is 2. The molecule has 1 aromatic carbocycles. The molecule has 0 unspecified atom stereocenters. The van der Waals surface area contributed by atoms with Crippen molar-refractivity contribution in [3.8, 4) is 0 Å². The first kappa shape index (κ1) is 10.9. The number of hydrogen-bond acceptors (Lipinski definition) is 2. The highest BCUT2D eigenvalue weighted by atomic mass is 35.5. The molecule has 0 atom stereocenters. The monoisotopic (exact) mass is 232 g/mol. The Morgan fingerprint density at radius 3 is 2.21 bits per heavy atom. The van der Waals surface area contributed by atoms with Crippen molar-refractivity contribution < 1.29 is 0 Å². The number of hydrogen-bond donors (Lipinski definition) is 2. The zero-order valence-corrected chi connectivity index (χ0v) is 9.05. The summed E-state index contributed by atoms with van der Waals surface area (Å²) in [7, 11) is 1.72. The third-order valence-electron chi connectivity index (χ3n) is 1.71. The zero-order valence-electron chi connectivity index (χ0n) is 7.54. The number of benzene rings is 1. The largest absolute Gasteiger partial charge is 0.368 e. The zero-order chi connectivity index (χ0) is 10.7. The lowest BCUT2D eigenvalue weighted by molar-refractivity contribution is 1.14. The highest BCUT2D eigenvalue weighted by Gasteiger charge is 2.06. The van der Waals surface area contributed by atoms with Crippen LogP contribution in [0, 0.1) is 0 Å². The van der Waals surface area contributed by atoms with Crippen molar-refractivity contribution >= 4 is 34.8 Å². The Bertz CT molecular complexity index is 344. The highest BCUT2D eigenvalue weighted by Crippen LogP contribution is 2.24. The molecule has 1 rings (SSSR count). The van der Waals surface area contributed by atoms with Gasteiger partial charge in [0.25, 0.3) is 0 Å². The fraction of sp³-hybridized carbons (Fsp3) is 0.125. The number of anilines is 1. The average molecular weight is 233 g/mol. The lowest BCUT2D eigenvalue weighted by Crippen LogP contribution is -2.34. The molecule has 0 fully saturated rings. The van der Waals surface area contributed by atoms with Gasteiger partial charge in [-0.3, -0.25) is 0 Å². The summed E-state index contributed by atoms with van der Waals surface area (Å²) < 4.78 is 0. The van der Waals surface area contributed by atoms with Crippen LogP contribution in [-0.4, -0.2) is 13.0 Å². The molecule has 0 aliphatic carbocycles. The van der Waals surface area contributed by atoms with Gasteiger partial charge in [-0.1, -0.05) is 23.2 Å². The maximum atomic E-state index is 5.82. The number of halogens is 2. The summed E-state index contributed by atoms with van der Waals surface area (Å²) in [4.78, 5) is 1.58. The van der Waals surface area contributed by atoms with Crippen LogP contribution in [0.4, 0.5) is 5.69 Å². The minimum atomic E-state index is 0.184. The summed E-state index contributed by atoms with van der Waals surface area (Å²) in [6.45, 7) is 0. The lowest BCUT2D eigenvalue weighted by Gasteiger charge is -2.17. The Morgan fingerprint density at radius 2 is 1.79 bits per heavy atom. The minimum absolute atomic E-state index is 0.184. The van der Waals surface area contributed by atoms with Gasteiger partial charge in [0.15, 0.2) is 0 Å². The molecule has 0 aromatic heterocycles. The lowest BCUT2D eigenvalue weighted by atomic mass is 10.3. The number of nitrogens with two attached hydrogens (primary N) is 2. The number of rotatable bonds is 1. The fourth-order valence-electron chi connectivity index (χ4n) is 0.952. The minimum Gasteiger partial charge on any atom is -0.368 e. The predicted octanol–water partition coefficient (Wildman–Crippen LogP) is 1.62. The number of guanidine groups is 1. The van der Waals surface area contributed by atoms with Crippen LogP contribution >= 0.6 is 23.2 Å². The van der Waals surface area contributed by atoms with Gasteiger partial charge < -0.3 is 16.5 Å². The third kappa shape index (κ3) is 2.43. The fourth-order valence-corrected chi connectivity index (χ4v) is 1.47. The van der Waals surface area contributed by atoms with Gasteiger partial charge in [0.05, 0.1) is 0 Å². The van der Waals surface area contributed by atoms with Crippen molar-refractivity contribution in [1.82, 2.24) is 0 Å². The molecule has 0 spiro atoms. The van der Waals surface area contributed by atoms with E-state index in [2.05, 4.69) is 5.10 Å². The van der Waals surface area contributed by atoms with Crippen molar-refractivity contribution in [2.45, 2.75) is 0 Å². The predicted molar refractivity (Wildman–Crippen MR) is 60.7 cm³/mol. The second-order valence-electron chi connectivity index (χ2n) is 2.67. The Balaban J connectivity index is 3.07. The van der Waals surface area contributed by atoms with Gasteiger partial charge >= 0.3 is 0 Å². The maximum Gasteiger partial charge on any atom is 0.217 e. The standard InChI is InChI=1S/C8H10Cl2N4/c1-14(8(11)13-12)7-3-5(9)2-6(10)4-7/h2-4H,12H2,1H3,(H2,11,13). The molecule has 0 saturated carbocycles. The van der Waals surface area contributed by atoms with E-state index in [-0.39, 0.29) is 5.96 Å². The van der Waals surface area contributed by atoms with Crippen molar-refractivity contribution in [2.24, 2.45) is 16.7 Å². The van der Waals surface area contributed by atoms with Gasteiger partial charge in [-0.2, -0.15) is 0 Å². The summed E-state index contributed by atoms with van der Waals surface area (Å²) in [6.07, 6.45) is 0. The van der Waals surface area contributed by atoms with E-state index in [1.165, 1.54) is 0 Å². The molecule has 0 saturated heterocycles. The molecule has 0 heterocycles. The molecule has 0 amide bonds. The SMILES string of the molecule is CN(/C(N)=N/N)c1cc(Cl)cc(Cl)c1. The van der Waals surface area contributed by atoms with Gasteiger partial charge in [-0.25, -0.2) is 0 Å². The molecule has 0 aliphatic heterocycles. The molecule has 76 valence electrons. The van der Waals surface area contributed by atoms with Crippen LogP contribution in [0.25, 0.3) is 0 Å². The summed E-state index contributed by atoms with van der Waals surface area (Å²) in [5.41, 5.74) is 6.24. The van der Waals surface area contributed by atoms with E-state index in [0.717, 1.165) is 5.69 Å². The van der Waals surface area contributed by atoms with Crippen LogP contribution in [-0.2, 0) is 0 Å². The van der Waals surface area contributed by atoms with Crippen LogP contribution in [0.5, 0.6) is 0 Å². The summed E-state index contributed by atoms with van der Waals surface area (Å²) in [6, 6.07) is 5.06. The summed E-state index contributed by atoms with van der Waals surface area (Å²) in [5.74, 6) is 5.23. The van der Waals surface area contributed by atoms with Gasteiger partial charge in [0, 0.05) is 22.8 Å². The van der Waals surface area contributed by atoms with E-state index in [1.807, 2.05) is 0 Å². The molecular weight excluding hydrogens is 223 g/mol. The van der Waals surface area contributed by atoms with Crippen molar-refractivity contribution in [2.75, 3.05) is 11.9 Å². The maximum absolute atomic E-state index is 5.82. The molecule has 1 aromatic rings. The molecule has 14 heavy (non-hydrogen) atoms. The van der Waals surface area contributed by atoms with Gasteiger partial charge in [0.1, 0.15) is 0 Å². The van der Waals surface area contributed by atoms with Gasteiger partial charge in [0.2, 0.25) is 5.96 Å². The molecular formula is C8H10Cl2N4. The Kier molecular flexibility index (Phi) is 3.43. The van der Waals surface area contributed by atoms with Gasteiger partial charge in [-0.05, 0) is 18.2 Å². The average Bonchev–Trinajstić information content (AvgIpc) is 2.14. The second kappa shape index (κ2) is 4.39. The normalized spacial score (nSPS) is 11.5. The molecule has 4 N–H and O–H groups in total. The molecule has 0 radical (unpaired) electrons. The molecule has 4 nitrogen and oxygen atoms in total. The van der Waals surface area contributed by atoms with E-state index < -0.39 is 0 Å². The Labute approximate surface area is 92.1 Å². The smallest absolute Gasteiger partial charge is 0.217 e. The highest BCUT2D eigenvalue weighted by molar-refractivity contribution is 6.35. The van der Waals surface area contributed by atoms with E-state index in [0.29, 0.717) is 10.0 Å². The molecule has 0 aliphatic rings. The third-order valence-corrected chi connectivity index (χ3v) is 2.15. The van der Waals surface area contributed by atoms with E-state index in [1.54, 1.807) is 30.1 Å². The Morgan fingerprint density at radius 1 is 1.29 bits per heavy atom. The first-order valence-corrected chi connectivity index (χ1v) is 4.53. The molecule has 0 bridgehead atoms. The van der Waals surface area contributed by atoms with Gasteiger partial charge in [-0.15, -0.1) is 5.10 Å². The van der Waals surface area contributed by atoms with Crippen LogP contribution in [0.1, 0.15) is 0 Å². The summed E-state index contributed by atoms with van der Waals surface area (Å²) >= 11 is 11.6. The first-order valence-electron chi connectivity index (χ1n) is 3.77. The van der Waals surface area contributed by atoms with E-state index in [4.69, 9.17) is 34.8 Å². The van der Waals surface area contributed by atoms with Crippen LogP contribution in [0.15, 0.2) is 23.3 Å². The van der Waals surface area contributed by atoms with E-state index >= 15 is 0 Å². The van der Waals surface area contributed by atoms with Crippen molar-refractivity contribution in [1.29, 1.82) is 0 Å². The van der Waals surface area contributed by atoms with Crippen molar-refractivity contribution in [3.63, 3.8) is 0 Å². The van der Waals surface area contributed by atoms with Crippen LogP contribution in [0.3, 0.4) is 0 Å². The second-order valence-corrected chi connectivity index (χ2v) is 3.55. The number of hydrazone groups is 1. The molecule has 6 heteroatoms. The van der Waals surface area contributed by atoms with E-state index in [9.17, 15) is 0 Å².